The Labute approximate surface area is 448 Å². The number of carbonyl (C=O) groups excluding carboxylic acids is 6. The Morgan fingerprint density at radius 1 is 0.571 bits per heavy atom. The van der Waals surface area contributed by atoms with E-state index in [1.807, 2.05) is 121 Å². The molecule has 4 aromatic carbocycles. The molecule has 2 fully saturated rings. The average Bonchev–Trinajstić information content (AvgIpc) is 4.33. The maximum Gasteiger partial charge on any atom is 0.273 e. The van der Waals surface area contributed by atoms with E-state index in [-0.39, 0.29) is 36.0 Å². The van der Waals surface area contributed by atoms with Gasteiger partial charge in [-0.15, -0.1) is 11.8 Å². The first-order valence-corrected chi connectivity index (χ1v) is 26.0. The van der Waals surface area contributed by atoms with E-state index in [0.29, 0.717) is 38.8 Å². The van der Waals surface area contributed by atoms with Crippen LogP contribution in [0.2, 0.25) is 0 Å². The van der Waals surface area contributed by atoms with Gasteiger partial charge in [0.25, 0.3) is 11.8 Å². The van der Waals surface area contributed by atoms with Gasteiger partial charge in [-0.05, 0) is 82.9 Å². The van der Waals surface area contributed by atoms with Gasteiger partial charge < -0.3 is 45.2 Å². The van der Waals surface area contributed by atoms with Crippen molar-refractivity contribution in [2.24, 2.45) is 0 Å². The van der Waals surface area contributed by atoms with Crippen LogP contribution in [0.5, 0.6) is 0 Å². The summed E-state index contributed by atoms with van der Waals surface area (Å²) in [6.07, 6.45) is 4.55. The molecule has 0 radical (unpaired) electrons. The highest BCUT2D eigenvalue weighted by Crippen LogP contribution is 2.34. The van der Waals surface area contributed by atoms with Crippen LogP contribution in [0.15, 0.2) is 143 Å². The Balaban J connectivity index is 0.971. The molecule has 2 aliphatic rings. The van der Waals surface area contributed by atoms with Gasteiger partial charge in [0.1, 0.15) is 36.7 Å². The third-order valence-electron chi connectivity index (χ3n) is 14.2. The summed E-state index contributed by atoms with van der Waals surface area (Å²) < 4.78 is 11.8. The zero-order chi connectivity index (χ0) is 54.4. The highest BCUT2D eigenvalue weighted by molar-refractivity contribution is 5.94. The summed E-state index contributed by atoms with van der Waals surface area (Å²) in [5.74, 6) is 3.87. The van der Waals surface area contributed by atoms with E-state index in [1.54, 1.807) is 49.7 Å². The number of likely N-dealkylation sites (N-methyl/N-ethyl adjacent to an activating group) is 2. The van der Waals surface area contributed by atoms with Crippen molar-refractivity contribution < 1.29 is 37.6 Å². The molecule has 6 amide bonds. The molecule has 77 heavy (non-hydrogen) atoms. The van der Waals surface area contributed by atoms with Crippen molar-refractivity contribution in [2.45, 2.75) is 101 Å². The van der Waals surface area contributed by atoms with Gasteiger partial charge in [0, 0.05) is 25.9 Å². The largest absolute Gasteiger partial charge is 0.446 e. The minimum Gasteiger partial charge on any atom is -0.446 e. The molecule has 18 heteroatoms. The molecule has 0 spiro atoms. The number of likely N-dealkylation sites (tertiary alicyclic amines) is 2. The molecule has 2 aliphatic heterocycles. The standard InChI is InChI=1S/C59H66N10O8/c1-38(60-3)52(70)61-44(58(74)68-34-20-32-48(68)56-63-46(36-76-56)54(72)65-50(40-22-10-6-11-23-40)41-24-12-7-13-25-41)30-18-19-31-45(62-53(71)39(2)67(4)5)59(75)69-35-21-33-49(69)57-64-47(37-77-57)55(73)66-51(42-26-14-8-15-27-42)43-28-16-9-17-29-43/h6-17,22-29,36-39,44-45,48-51,60H,20-21,30-35H2,1-5H3,(H,61,70)(H,62,71)(H,65,72)(H,66,73)/t38-,39-,44-,45-,48-,49-/m0/s1. The van der Waals surface area contributed by atoms with Gasteiger partial charge in [-0.2, -0.15) is 0 Å². The van der Waals surface area contributed by atoms with Crippen LogP contribution in [0.4, 0.5) is 0 Å². The number of oxazole rings is 2. The number of benzene rings is 4. The Hall–Kier alpha value is -8.40. The zero-order valence-corrected chi connectivity index (χ0v) is 44.0. The molecule has 6 aromatic rings. The van der Waals surface area contributed by atoms with Gasteiger partial charge in [0.2, 0.25) is 35.4 Å². The molecule has 5 N–H and O–H groups in total. The Morgan fingerprint density at radius 3 is 1.29 bits per heavy atom. The highest BCUT2D eigenvalue weighted by Gasteiger charge is 2.40. The molecular formula is C59H66N10O8. The SMILES string of the molecule is CN[C@@H](C)C(=O)N[C@@H](CC#CC[C@H](NC(=O)[C@H](C)N(C)C)C(=O)N1CCC[C@H]1c1nc(C(=O)NC(c2ccccc2)c2ccccc2)co1)C(=O)N1CCC[C@H]1c1nc(C(=O)NC(c2ccccc2)c2ccccc2)co1. The minimum atomic E-state index is -1.12. The molecule has 0 unspecified atom stereocenters. The first-order chi connectivity index (χ1) is 37.3. The highest BCUT2D eigenvalue weighted by atomic mass is 16.3. The number of nitrogens with one attached hydrogen (secondary N) is 5. The summed E-state index contributed by atoms with van der Waals surface area (Å²) in [7, 11) is 5.15. The van der Waals surface area contributed by atoms with E-state index in [0.717, 1.165) is 22.3 Å². The van der Waals surface area contributed by atoms with Crippen molar-refractivity contribution in [3.05, 3.63) is 179 Å². The molecule has 18 nitrogen and oxygen atoms in total. The van der Waals surface area contributed by atoms with Crippen molar-refractivity contribution in [1.82, 2.24) is 51.3 Å². The second-order valence-corrected chi connectivity index (χ2v) is 19.5. The van der Waals surface area contributed by atoms with Crippen LogP contribution in [0.1, 0.15) is 132 Å². The Kier molecular flexibility index (Phi) is 18.4. The number of nitrogens with zero attached hydrogens (tertiary/aromatic N) is 5. The van der Waals surface area contributed by atoms with Crippen LogP contribution >= 0.6 is 0 Å². The summed E-state index contributed by atoms with van der Waals surface area (Å²) in [6, 6.07) is 32.7. The predicted octanol–water partition coefficient (Wildman–Crippen LogP) is 6.04. The molecule has 0 aliphatic carbocycles. The monoisotopic (exact) mass is 1040 g/mol. The van der Waals surface area contributed by atoms with Crippen LogP contribution < -0.4 is 26.6 Å². The lowest BCUT2D eigenvalue weighted by Crippen LogP contribution is -2.52. The minimum absolute atomic E-state index is 0.0514. The van der Waals surface area contributed by atoms with Gasteiger partial charge in [0.05, 0.1) is 24.2 Å². The summed E-state index contributed by atoms with van der Waals surface area (Å²) in [5.41, 5.74) is 3.64. The van der Waals surface area contributed by atoms with Gasteiger partial charge >= 0.3 is 0 Å². The Bertz CT molecular complexity index is 2950. The number of hydrogen-bond acceptors (Lipinski definition) is 12. The molecule has 8 rings (SSSR count). The molecule has 0 bridgehead atoms. The van der Waals surface area contributed by atoms with E-state index in [2.05, 4.69) is 48.4 Å². The maximum absolute atomic E-state index is 14.6. The first-order valence-electron chi connectivity index (χ1n) is 26.0. The second kappa shape index (κ2) is 25.9. The zero-order valence-electron chi connectivity index (χ0n) is 44.0. The third-order valence-corrected chi connectivity index (χ3v) is 14.2. The third kappa shape index (κ3) is 13.5. The van der Waals surface area contributed by atoms with Crippen LogP contribution in [-0.4, -0.2) is 119 Å². The number of carbonyl (C=O) groups is 6. The lowest BCUT2D eigenvalue weighted by atomic mass is 9.98. The van der Waals surface area contributed by atoms with Crippen molar-refractivity contribution >= 4 is 35.4 Å². The van der Waals surface area contributed by atoms with Gasteiger partial charge in [-0.25, -0.2) is 9.97 Å². The molecular weight excluding hydrogens is 977 g/mol. The van der Waals surface area contributed by atoms with Crippen molar-refractivity contribution in [1.29, 1.82) is 0 Å². The molecule has 0 saturated carbocycles. The summed E-state index contributed by atoms with van der Waals surface area (Å²) >= 11 is 0. The van der Waals surface area contributed by atoms with E-state index in [9.17, 15) is 28.8 Å². The predicted molar refractivity (Wildman–Crippen MR) is 287 cm³/mol. The second-order valence-electron chi connectivity index (χ2n) is 19.5. The normalized spacial score (nSPS) is 16.8. The quantitative estimate of drug-likeness (QED) is 0.0553. The smallest absolute Gasteiger partial charge is 0.273 e. The molecule has 400 valence electrons. The lowest BCUT2D eigenvalue weighted by Gasteiger charge is -2.29. The number of hydrogen-bond donors (Lipinski definition) is 5. The topological polar surface area (TPSA) is 224 Å². The van der Waals surface area contributed by atoms with Crippen LogP contribution in [0, 0.1) is 11.8 Å². The van der Waals surface area contributed by atoms with Gasteiger partial charge in [-0.3, -0.25) is 33.7 Å². The van der Waals surface area contributed by atoms with Crippen LogP contribution in [0.25, 0.3) is 0 Å². The maximum atomic E-state index is 14.6. The van der Waals surface area contributed by atoms with Crippen LogP contribution in [-0.2, 0) is 19.2 Å². The first kappa shape index (κ1) is 54.8. The fourth-order valence-electron chi connectivity index (χ4n) is 9.48. The molecule has 6 atom stereocenters. The van der Waals surface area contributed by atoms with E-state index in [4.69, 9.17) is 8.83 Å². The fourth-order valence-corrected chi connectivity index (χ4v) is 9.48. The fraction of sp³-hybridized carbons (Fsp3) is 0.356. The van der Waals surface area contributed by atoms with Gasteiger partial charge in [0.15, 0.2) is 11.4 Å². The Morgan fingerprint density at radius 2 is 0.935 bits per heavy atom. The number of rotatable bonds is 20. The van der Waals surface area contributed by atoms with Gasteiger partial charge in [-0.1, -0.05) is 121 Å². The molecule has 2 saturated heterocycles. The van der Waals surface area contributed by atoms with Crippen molar-refractivity contribution in [2.75, 3.05) is 34.2 Å². The van der Waals surface area contributed by atoms with E-state index < -0.39 is 83.8 Å². The molecule has 2 aromatic heterocycles. The summed E-state index contributed by atoms with van der Waals surface area (Å²) in [4.78, 5) is 97.8. The summed E-state index contributed by atoms with van der Waals surface area (Å²) in [6.45, 7) is 4.06. The van der Waals surface area contributed by atoms with Crippen molar-refractivity contribution in [3.63, 3.8) is 0 Å². The average molecular weight is 1040 g/mol. The number of amides is 6. The van der Waals surface area contributed by atoms with E-state index in [1.165, 1.54) is 12.5 Å². The van der Waals surface area contributed by atoms with E-state index >= 15 is 0 Å². The van der Waals surface area contributed by atoms with Crippen molar-refractivity contribution in [3.8, 4) is 11.8 Å². The van der Waals surface area contributed by atoms with Crippen LogP contribution in [0.3, 0.4) is 0 Å². The lowest BCUT2D eigenvalue weighted by molar-refractivity contribution is -0.138. The number of aromatic nitrogens is 2. The molecule has 4 heterocycles. The summed E-state index contributed by atoms with van der Waals surface area (Å²) in [5, 5.41) is 14.9.